The van der Waals surface area contributed by atoms with Gasteiger partial charge in [-0.3, -0.25) is 14.4 Å². The van der Waals surface area contributed by atoms with Crippen molar-refractivity contribution in [3.8, 4) is 11.3 Å². The van der Waals surface area contributed by atoms with Crippen molar-refractivity contribution in [3.05, 3.63) is 72.2 Å². The van der Waals surface area contributed by atoms with Crippen molar-refractivity contribution < 1.29 is 46.5 Å². The number of anilines is 1. The van der Waals surface area contributed by atoms with E-state index in [2.05, 4.69) is 10.3 Å². The van der Waals surface area contributed by atoms with Crippen LogP contribution in [0, 0.1) is 17.5 Å². The summed E-state index contributed by atoms with van der Waals surface area (Å²) in [6, 6.07) is 12.1. The molecule has 0 saturated carbocycles. The van der Waals surface area contributed by atoms with Gasteiger partial charge in [-0.05, 0) is 35.7 Å². The Labute approximate surface area is 271 Å². The largest absolute Gasteiger partial charge is 0.463 e. The molecular weight excluding hydrogens is 641 g/mol. The Morgan fingerprint density at radius 2 is 1.62 bits per heavy atom. The average molecular weight is 673 g/mol. The summed E-state index contributed by atoms with van der Waals surface area (Å²) in [6.45, 7) is 3.22. The fourth-order valence-electron chi connectivity index (χ4n) is 5.38. The van der Waals surface area contributed by atoms with E-state index >= 15 is 0 Å². The van der Waals surface area contributed by atoms with E-state index in [1.165, 1.54) is 36.5 Å². The lowest BCUT2D eigenvalue weighted by atomic mass is 9.96. The molecule has 1 aliphatic rings. The predicted octanol–water partition coefficient (Wildman–Crippen LogP) is 5.07. The minimum Gasteiger partial charge on any atom is -0.463 e. The molecule has 1 aliphatic heterocycles. The van der Waals surface area contributed by atoms with Gasteiger partial charge in [0, 0.05) is 56.4 Å². The van der Waals surface area contributed by atoms with E-state index < -0.39 is 65.1 Å². The molecule has 5 atom stereocenters. The molecule has 2 heterocycles. The molecule has 1 saturated heterocycles. The molecule has 1 aromatic heterocycles. The second-order valence-corrected chi connectivity index (χ2v) is 12.2. The lowest BCUT2D eigenvalue weighted by Crippen LogP contribution is -2.57. The molecule has 1 fully saturated rings. The van der Waals surface area contributed by atoms with Crippen LogP contribution in [0.25, 0.3) is 22.0 Å². The van der Waals surface area contributed by atoms with E-state index in [0.717, 1.165) is 40.4 Å². The fraction of sp³-hybridized carbons (Fsp3) is 0.344. The van der Waals surface area contributed by atoms with Crippen LogP contribution in [0.5, 0.6) is 0 Å². The van der Waals surface area contributed by atoms with Crippen molar-refractivity contribution in [2.24, 2.45) is 0 Å². The number of ether oxygens (including phenoxy) is 4. The molecule has 11 nitrogen and oxygen atoms in total. The maximum Gasteiger partial charge on any atom is 0.303 e. The van der Waals surface area contributed by atoms with E-state index in [4.69, 9.17) is 18.9 Å². The highest BCUT2D eigenvalue weighted by molar-refractivity contribution is 7.99. The topological polar surface area (TPSA) is 122 Å². The zero-order valence-corrected chi connectivity index (χ0v) is 26.8. The summed E-state index contributed by atoms with van der Waals surface area (Å²) in [5.74, 6) is -6.53. The molecule has 0 spiro atoms. The van der Waals surface area contributed by atoms with Gasteiger partial charge in [0.1, 0.15) is 29.9 Å². The minimum absolute atomic E-state index is 0.0515. The molecule has 0 bridgehead atoms. The van der Waals surface area contributed by atoms with Gasteiger partial charge in [0.05, 0.1) is 6.20 Å². The van der Waals surface area contributed by atoms with Crippen LogP contribution in [-0.4, -0.2) is 77.4 Å². The maximum atomic E-state index is 14.1. The molecule has 3 aromatic carbocycles. The van der Waals surface area contributed by atoms with Gasteiger partial charge in [0.15, 0.2) is 29.7 Å². The van der Waals surface area contributed by atoms with Crippen molar-refractivity contribution in [1.29, 1.82) is 0 Å². The van der Waals surface area contributed by atoms with Crippen LogP contribution in [0.2, 0.25) is 0 Å². The standard InChI is InChI=1S/C32H31F3N4O7S/c1-16(40)43-15-27-30(44-17(2)41)29(39-14-25(36-37-39)20-12-23(33)28(35)24(34)13-20)31(45-18(3)42)32(46-27)47-21-9-10-22-19(11-21)7-6-8-26(22)38(4)5/h6-14,27,29-32H,15H2,1-5H3/t27?,29?,30-,31?,32+/m0/s1. The summed E-state index contributed by atoms with van der Waals surface area (Å²) in [6.07, 6.45) is -2.22. The normalized spacial score (nSPS) is 20.9. The van der Waals surface area contributed by atoms with Gasteiger partial charge >= 0.3 is 17.9 Å². The Bertz CT molecular complexity index is 1800. The molecule has 3 unspecified atom stereocenters. The molecule has 47 heavy (non-hydrogen) atoms. The van der Waals surface area contributed by atoms with Crippen molar-refractivity contribution in [2.45, 2.75) is 55.5 Å². The van der Waals surface area contributed by atoms with E-state index in [1.54, 1.807) is 0 Å². The average Bonchev–Trinajstić information content (AvgIpc) is 3.49. The highest BCUT2D eigenvalue weighted by Gasteiger charge is 2.52. The van der Waals surface area contributed by atoms with Crippen LogP contribution in [0.1, 0.15) is 26.8 Å². The van der Waals surface area contributed by atoms with Gasteiger partial charge in [-0.25, -0.2) is 17.9 Å². The number of carbonyl (C=O) groups excluding carboxylic acids is 3. The molecular formula is C32H31F3N4O7S. The number of rotatable bonds is 9. The summed E-state index contributed by atoms with van der Waals surface area (Å²) >= 11 is 1.21. The van der Waals surface area contributed by atoms with Gasteiger partial charge in [-0.15, -0.1) is 5.10 Å². The molecule has 15 heteroatoms. The van der Waals surface area contributed by atoms with Gasteiger partial charge in [-0.2, -0.15) is 0 Å². The summed E-state index contributed by atoms with van der Waals surface area (Å²) < 4.78 is 66.1. The Morgan fingerprint density at radius 3 is 2.26 bits per heavy atom. The van der Waals surface area contributed by atoms with E-state index in [-0.39, 0.29) is 17.9 Å². The third-order valence-corrected chi connectivity index (χ3v) is 8.47. The highest BCUT2D eigenvalue weighted by Crippen LogP contribution is 2.42. The number of nitrogens with zero attached hydrogens (tertiary/aromatic N) is 4. The number of fused-ring (bicyclic) bond motifs is 1. The molecule has 5 rings (SSSR count). The highest BCUT2D eigenvalue weighted by atomic mass is 32.2. The predicted molar refractivity (Wildman–Crippen MR) is 165 cm³/mol. The molecule has 0 amide bonds. The van der Waals surface area contributed by atoms with E-state index in [0.29, 0.717) is 0 Å². The van der Waals surface area contributed by atoms with Crippen LogP contribution in [0.4, 0.5) is 18.9 Å². The first-order valence-electron chi connectivity index (χ1n) is 14.4. The Hall–Kier alpha value is -4.63. The first kappa shape index (κ1) is 33.7. The number of esters is 3. The van der Waals surface area contributed by atoms with Gasteiger partial charge in [-0.1, -0.05) is 35.2 Å². The Balaban J connectivity index is 1.59. The van der Waals surface area contributed by atoms with Crippen molar-refractivity contribution in [2.75, 3.05) is 25.6 Å². The summed E-state index contributed by atoms with van der Waals surface area (Å²) in [5, 5.41) is 10.1. The van der Waals surface area contributed by atoms with E-state index in [9.17, 15) is 27.6 Å². The number of thioether (sulfide) groups is 1. The van der Waals surface area contributed by atoms with Crippen LogP contribution >= 0.6 is 11.8 Å². The first-order chi connectivity index (χ1) is 22.3. The fourth-order valence-corrected chi connectivity index (χ4v) is 6.54. The summed E-state index contributed by atoms with van der Waals surface area (Å²) in [4.78, 5) is 39.4. The van der Waals surface area contributed by atoms with Crippen LogP contribution < -0.4 is 4.90 Å². The van der Waals surface area contributed by atoms with Gasteiger partial charge in [0.2, 0.25) is 0 Å². The lowest BCUT2D eigenvalue weighted by Gasteiger charge is -2.44. The Morgan fingerprint density at radius 1 is 0.936 bits per heavy atom. The third kappa shape index (κ3) is 7.52. The zero-order valence-electron chi connectivity index (χ0n) is 26.0. The second kappa shape index (κ2) is 14.0. The van der Waals surface area contributed by atoms with Crippen molar-refractivity contribution in [1.82, 2.24) is 15.0 Å². The monoisotopic (exact) mass is 672 g/mol. The smallest absolute Gasteiger partial charge is 0.303 e. The number of benzene rings is 3. The quantitative estimate of drug-likeness (QED) is 0.135. The van der Waals surface area contributed by atoms with Crippen molar-refractivity contribution in [3.63, 3.8) is 0 Å². The molecule has 0 aliphatic carbocycles. The number of aromatic nitrogens is 3. The third-order valence-electron chi connectivity index (χ3n) is 7.33. The van der Waals surface area contributed by atoms with Gasteiger partial charge in [0.25, 0.3) is 0 Å². The lowest BCUT2D eigenvalue weighted by molar-refractivity contribution is -0.212. The Kier molecular flexibility index (Phi) is 10.1. The van der Waals surface area contributed by atoms with E-state index in [1.807, 2.05) is 55.4 Å². The minimum atomic E-state index is -1.64. The van der Waals surface area contributed by atoms with Crippen LogP contribution in [-0.2, 0) is 33.3 Å². The number of halogens is 3. The molecule has 248 valence electrons. The van der Waals surface area contributed by atoms with Crippen LogP contribution in [0.3, 0.4) is 0 Å². The van der Waals surface area contributed by atoms with Crippen LogP contribution in [0.15, 0.2) is 59.6 Å². The maximum absolute atomic E-state index is 14.1. The number of hydrogen-bond acceptors (Lipinski definition) is 11. The first-order valence-corrected chi connectivity index (χ1v) is 15.3. The zero-order chi connectivity index (χ0) is 34.0. The summed E-state index contributed by atoms with van der Waals surface area (Å²) in [7, 11) is 3.89. The van der Waals surface area contributed by atoms with Gasteiger partial charge < -0.3 is 23.8 Å². The molecule has 4 aromatic rings. The summed E-state index contributed by atoms with van der Waals surface area (Å²) in [5.41, 5.74) is -0.133. The SMILES string of the molecule is CC(=O)OCC1O[C@H](Sc2ccc3c(N(C)C)cccc3c2)C(OC(C)=O)C(n2cc(-c3cc(F)c(F)c(F)c3)nn2)[C@H]1OC(C)=O. The number of carbonyl (C=O) groups is 3. The molecule has 0 radical (unpaired) electrons. The van der Waals surface area contributed by atoms with Crippen molar-refractivity contribution >= 4 is 46.1 Å². The number of hydrogen-bond donors (Lipinski definition) is 0. The molecule has 0 N–H and O–H groups in total. The second-order valence-electron chi connectivity index (χ2n) is 11.0.